The molecule has 0 atom stereocenters. The van der Waals surface area contributed by atoms with Crippen molar-refractivity contribution in [3.8, 4) is 17.1 Å². The van der Waals surface area contributed by atoms with E-state index in [1.165, 1.54) is 0 Å². The van der Waals surface area contributed by atoms with Crippen LogP contribution in [0, 0.1) is 0 Å². The maximum absolute atomic E-state index is 5.52. The number of anilines is 1. The van der Waals surface area contributed by atoms with Gasteiger partial charge in [-0.15, -0.1) is 0 Å². The summed E-state index contributed by atoms with van der Waals surface area (Å²) in [5.74, 6) is 0.913. The maximum atomic E-state index is 5.52. The topological polar surface area (TPSA) is 74.2 Å². The molecule has 0 fully saturated rings. The van der Waals surface area contributed by atoms with Gasteiger partial charge in [0.25, 0.3) is 0 Å². The van der Waals surface area contributed by atoms with Crippen LogP contribution in [0.25, 0.3) is 22.0 Å². The minimum Gasteiger partial charge on any atom is -0.481 e. The maximum Gasteiger partial charge on any atom is 0.222 e. The number of hydrogen-bond acceptors (Lipinski definition) is 5. The number of fused-ring (bicyclic) bond motifs is 1. The van der Waals surface area contributed by atoms with Gasteiger partial charge in [-0.1, -0.05) is 11.2 Å². The Hall–Kier alpha value is -2.56. The third-order valence-corrected chi connectivity index (χ3v) is 2.75. The Morgan fingerprint density at radius 3 is 2.83 bits per heavy atom. The molecule has 0 aliphatic rings. The molecule has 0 saturated heterocycles. The van der Waals surface area contributed by atoms with Crippen molar-refractivity contribution < 1.29 is 9.26 Å². The van der Waals surface area contributed by atoms with Crippen molar-refractivity contribution in [2.75, 3.05) is 12.8 Å². The van der Waals surface area contributed by atoms with Crippen molar-refractivity contribution in [2.24, 2.45) is 0 Å². The molecule has 0 amide bonds. The monoisotopic (exact) mass is 241 g/mol. The van der Waals surface area contributed by atoms with Gasteiger partial charge >= 0.3 is 0 Å². The van der Waals surface area contributed by atoms with Crippen LogP contribution in [0.4, 0.5) is 5.88 Å². The highest BCUT2D eigenvalue weighted by Crippen LogP contribution is 2.28. The van der Waals surface area contributed by atoms with Crippen molar-refractivity contribution in [2.45, 2.75) is 0 Å². The van der Waals surface area contributed by atoms with Gasteiger partial charge in [-0.05, 0) is 23.6 Å². The van der Waals surface area contributed by atoms with Crippen molar-refractivity contribution in [1.82, 2.24) is 10.1 Å². The largest absolute Gasteiger partial charge is 0.481 e. The van der Waals surface area contributed by atoms with Gasteiger partial charge in [-0.2, -0.15) is 0 Å². The fraction of sp³-hybridized carbons (Fsp3) is 0.0769. The first-order valence-electron chi connectivity index (χ1n) is 5.43. The lowest BCUT2D eigenvalue weighted by molar-refractivity contribution is 0.403. The van der Waals surface area contributed by atoms with Crippen LogP contribution in [0.2, 0.25) is 0 Å². The average Bonchev–Trinajstić information content (AvgIpc) is 2.84. The molecule has 2 N–H and O–H groups in total. The number of benzene rings is 1. The molecular weight excluding hydrogens is 230 g/mol. The summed E-state index contributed by atoms with van der Waals surface area (Å²) in [7, 11) is 1.61. The minimum atomic E-state index is 0.303. The van der Waals surface area contributed by atoms with E-state index < -0.39 is 0 Å². The highest BCUT2D eigenvalue weighted by molar-refractivity contribution is 5.90. The molecule has 3 rings (SSSR count). The van der Waals surface area contributed by atoms with Gasteiger partial charge in [0.15, 0.2) is 0 Å². The number of nitrogens with two attached hydrogens (primary N) is 1. The van der Waals surface area contributed by atoms with E-state index in [2.05, 4.69) is 10.1 Å². The van der Waals surface area contributed by atoms with E-state index in [1.54, 1.807) is 19.4 Å². The van der Waals surface area contributed by atoms with Crippen molar-refractivity contribution in [3.63, 3.8) is 0 Å². The van der Waals surface area contributed by atoms with Gasteiger partial charge in [0.05, 0.1) is 7.11 Å². The van der Waals surface area contributed by atoms with E-state index in [0.29, 0.717) is 17.5 Å². The van der Waals surface area contributed by atoms with Crippen molar-refractivity contribution in [3.05, 3.63) is 36.5 Å². The molecular formula is C13H11N3O2. The first kappa shape index (κ1) is 10.6. The van der Waals surface area contributed by atoms with Crippen LogP contribution in [0.5, 0.6) is 5.88 Å². The number of ether oxygens (including phenoxy) is 1. The van der Waals surface area contributed by atoms with E-state index in [4.69, 9.17) is 15.0 Å². The molecule has 2 aromatic heterocycles. The standard InChI is InChI=1S/C13H11N3O2/c1-17-13-10-3-2-9(6-8(10)4-5-15-13)11-7-12(14)18-16-11/h2-7H,14H2,1H3. The molecule has 0 bridgehead atoms. The first-order valence-corrected chi connectivity index (χ1v) is 5.43. The van der Waals surface area contributed by atoms with Gasteiger partial charge in [-0.25, -0.2) is 4.98 Å². The highest BCUT2D eigenvalue weighted by atomic mass is 16.5. The van der Waals surface area contributed by atoms with Crippen molar-refractivity contribution in [1.29, 1.82) is 0 Å². The van der Waals surface area contributed by atoms with Crippen LogP contribution in [0.3, 0.4) is 0 Å². The molecule has 5 nitrogen and oxygen atoms in total. The van der Waals surface area contributed by atoms with Gasteiger partial charge in [-0.3, -0.25) is 0 Å². The lowest BCUT2D eigenvalue weighted by Gasteiger charge is -2.04. The number of nitrogen functional groups attached to an aromatic ring is 1. The molecule has 0 radical (unpaired) electrons. The smallest absolute Gasteiger partial charge is 0.222 e. The summed E-state index contributed by atoms with van der Waals surface area (Å²) in [6.45, 7) is 0. The number of aromatic nitrogens is 2. The fourth-order valence-corrected chi connectivity index (χ4v) is 1.90. The second-order valence-corrected chi connectivity index (χ2v) is 3.87. The van der Waals surface area contributed by atoms with Crippen molar-refractivity contribution >= 4 is 16.7 Å². The predicted molar refractivity (Wildman–Crippen MR) is 68.2 cm³/mol. The summed E-state index contributed by atoms with van der Waals surface area (Å²) in [5.41, 5.74) is 7.17. The fourth-order valence-electron chi connectivity index (χ4n) is 1.90. The Morgan fingerprint density at radius 1 is 1.22 bits per heavy atom. The van der Waals surface area contributed by atoms with Crippen LogP contribution >= 0.6 is 0 Å². The van der Waals surface area contributed by atoms with E-state index in [1.807, 2.05) is 24.3 Å². The van der Waals surface area contributed by atoms with Crippen LogP contribution in [0.15, 0.2) is 41.1 Å². The van der Waals surface area contributed by atoms with Gasteiger partial charge in [0.1, 0.15) is 5.69 Å². The summed E-state index contributed by atoms with van der Waals surface area (Å²) >= 11 is 0. The highest BCUT2D eigenvalue weighted by Gasteiger charge is 2.07. The lowest BCUT2D eigenvalue weighted by Crippen LogP contribution is -1.88. The molecule has 0 unspecified atom stereocenters. The molecule has 0 aliphatic heterocycles. The Morgan fingerprint density at radius 2 is 2.11 bits per heavy atom. The molecule has 2 heterocycles. The summed E-state index contributed by atoms with van der Waals surface area (Å²) < 4.78 is 10.1. The summed E-state index contributed by atoms with van der Waals surface area (Å²) in [5, 5.41) is 5.88. The third-order valence-electron chi connectivity index (χ3n) is 2.75. The quantitative estimate of drug-likeness (QED) is 0.746. The Labute approximate surface area is 103 Å². The number of rotatable bonds is 2. The normalized spacial score (nSPS) is 10.7. The molecule has 1 aromatic carbocycles. The summed E-state index contributed by atoms with van der Waals surface area (Å²) in [6, 6.07) is 9.49. The van der Waals surface area contributed by atoms with E-state index in [-0.39, 0.29) is 0 Å². The zero-order valence-corrected chi connectivity index (χ0v) is 9.75. The van der Waals surface area contributed by atoms with Crippen LogP contribution in [-0.4, -0.2) is 17.3 Å². The summed E-state index contributed by atoms with van der Waals surface area (Å²) in [4.78, 5) is 4.16. The minimum absolute atomic E-state index is 0.303. The van der Waals surface area contributed by atoms with Crippen LogP contribution < -0.4 is 10.5 Å². The second kappa shape index (κ2) is 4.03. The van der Waals surface area contributed by atoms with E-state index in [9.17, 15) is 0 Å². The first-order chi connectivity index (χ1) is 8.78. The molecule has 0 saturated carbocycles. The number of nitrogens with zero attached hydrogens (tertiary/aromatic N) is 2. The Bertz CT molecular complexity index is 706. The summed E-state index contributed by atoms with van der Waals surface area (Å²) in [6.07, 6.45) is 1.71. The average molecular weight is 241 g/mol. The number of methoxy groups -OCH3 is 1. The van der Waals surface area contributed by atoms with Crippen LogP contribution in [0.1, 0.15) is 0 Å². The lowest BCUT2D eigenvalue weighted by atomic mass is 10.1. The van der Waals surface area contributed by atoms with Gasteiger partial charge in [0.2, 0.25) is 11.8 Å². The molecule has 18 heavy (non-hydrogen) atoms. The zero-order valence-electron chi connectivity index (χ0n) is 9.75. The SMILES string of the molecule is COc1nccc2cc(-c3cc(N)on3)ccc12. The molecule has 0 spiro atoms. The molecule has 0 aliphatic carbocycles. The molecule has 5 heteroatoms. The third kappa shape index (κ3) is 1.66. The van der Waals surface area contributed by atoms with Crippen LogP contribution in [-0.2, 0) is 0 Å². The molecule has 90 valence electrons. The Balaban J connectivity index is 2.17. The van der Waals surface area contributed by atoms with E-state index in [0.717, 1.165) is 16.3 Å². The number of pyridine rings is 1. The zero-order chi connectivity index (χ0) is 12.5. The number of hydrogen-bond donors (Lipinski definition) is 1. The van der Waals surface area contributed by atoms with Gasteiger partial charge in [0, 0.05) is 23.2 Å². The van der Waals surface area contributed by atoms with E-state index >= 15 is 0 Å². The molecule has 3 aromatic rings. The Kier molecular flexibility index (Phi) is 2.37. The second-order valence-electron chi connectivity index (χ2n) is 3.87. The van der Waals surface area contributed by atoms with Gasteiger partial charge < -0.3 is 15.0 Å². The predicted octanol–water partition coefficient (Wildman–Crippen LogP) is 2.48.